The van der Waals surface area contributed by atoms with Gasteiger partial charge in [0.2, 0.25) is 0 Å². The molecule has 0 unspecified atom stereocenters. The third-order valence-electron chi connectivity index (χ3n) is 2.77. The molecular weight excluding hydrogens is 346 g/mol. The predicted molar refractivity (Wildman–Crippen MR) is 82.0 cm³/mol. The molecule has 3 nitrogen and oxygen atoms in total. The Morgan fingerprint density at radius 2 is 1.84 bits per heavy atom. The molecule has 0 amide bonds. The van der Waals surface area contributed by atoms with Crippen LogP contribution in [-0.4, -0.2) is 26.3 Å². The first kappa shape index (κ1) is 14.7. The lowest BCUT2D eigenvalue weighted by Gasteiger charge is -2.15. The quantitative estimate of drug-likeness (QED) is 0.820. The summed E-state index contributed by atoms with van der Waals surface area (Å²) in [5, 5.41) is 0. The van der Waals surface area contributed by atoms with Crippen molar-refractivity contribution in [2.24, 2.45) is 0 Å². The number of hydrogen-bond donors (Lipinski definition) is 0. The molecule has 0 atom stereocenters. The minimum absolute atomic E-state index is 0.370. The third kappa shape index (κ3) is 3.66. The summed E-state index contributed by atoms with van der Waals surface area (Å²) >= 11 is 4.52. The van der Waals surface area contributed by atoms with Crippen LogP contribution in [0.4, 0.5) is 0 Å². The fourth-order valence-corrected chi connectivity index (χ4v) is 5.03. The highest BCUT2D eigenvalue weighted by Gasteiger charge is 2.22. The second-order valence-corrected chi connectivity index (χ2v) is 8.86. The van der Waals surface area contributed by atoms with E-state index in [4.69, 9.17) is 0 Å². The van der Waals surface area contributed by atoms with E-state index in [0.29, 0.717) is 17.2 Å². The van der Waals surface area contributed by atoms with E-state index >= 15 is 0 Å². The maximum absolute atomic E-state index is 12.3. The number of benzene rings is 1. The summed E-state index contributed by atoms with van der Waals surface area (Å²) in [4.78, 5) is 0. The van der Waals surface area contributed by atoms with Crippen LogP contribution in [-0.2, 0) is 16.4 Å². The van der Waals surface area contributed by atoms with Crippen molar-refractivity contribution in [3.63, 3.8) is 0 Å². The lowest BCUT2D eigenvalue weighted by molar-refractivity contribution is 0.474. The van der Waals surface area contributed by atoms with E-state index in [2.05, 4.69) is 15.9 Å². The Morgan fingerprint density at radius 3 is 2.42 bits per heavy atom. The van der Waals surface area contributed by atoms with Gasteiger partial charge in [-0.2, -0.15) is 4.31 Å². The highest BCUT2D eigenvalue weighted by Crippen LogP contribution is 2.27. The van der Waals surface area contributed by atoms with Crippen LogP contribution in [0.1, 0.15) is 5.56 Å². The topological polar surface area (TPSA) is 37.4 Å². The van der Waals surface area contributed by atoms with Crippen molar-refractivity contribution in [2.45, 2.75) is 10.6 Å². The van der Waals surface area contributed by atoms with Crippen molar-refractivity contribution in [1.82, 2.24) is 4.31 Å². The number of rotatable bonds is 5. The maximum Gasteiger partial charge on any atom is 0.252 e. The van der Waals surface area contributed by atoms with Gasteiger partial charge in [-0.05, 0) is 40.0 Å². The molecule has 0 aliphatic rings. The van der Waals surface area contributed by atoms with Crippen molar-refractivity contribution < 1.29 is 8.42 Å². The zero-order valence-electron chi connectivity index (χ0n) is 10.4. The third-order valence-corrected chi connectivity index (χ3v) is 6.72. The molecule has 0 fully saturated rings. The van der Waals surface area contributed by atoms with Gasteiger partial charge in [0.15, 0.2) is 0 Å². The van der Waals surface area contributed by atoms with Crippen molar-refractivity contribution in [3.05, 3.63) is 51.8 Å². The van der Waals surface area contributed by atoms with Crippen LogP contribution in [0, 0.1) is 0 Å². The summed E-state index contributed by atoms with van der Waals surface area (Å²) in [6.45, 7) is 0.474. The van der Waals surface area contributed by atoms with Gasteiger partial charge in [-0.25, -0.2) is 8.42 Å². The Labute approximate surface area is 126 Å². The minimum atomic E-state index is -3.37. The van der Waals surface area contributed by atoms with Crippen LogP contribution in [0.2, 0.25) is 0 Å². The molecule has 1 aromatic heterocycles. The van der Waals surface area contributed by atoms with Crippen LogP contribution < -0.4 is 0 Å². The lowest BCUT2D eigenvalue weighted by Crippen LogP contribution is -2.28. The number of halogens is 1. The van der Waals surface area contributed by atoms with Gasteiger partial charge in [-0.1, -0.05) is 30.3 Å². The molecule has 0 spiro atoms. The van der Waals surface area contributed by atoms with Crippen LogP contribution in [0.3, 0.4) is 0 Å². The molecule has 1 heterocycles. The monoisotopic (exact) mass is 359 g/mol. The van der Waals surface area contributed by atoms with Crippen LogP contribution in [0.15, 0.2) is 50.5 Å². The van der Waals surface area contributed by atoms with E-state index in [-0.39, 0.29) is 0 Å². The van der Waals surface area contributed by atoms with E-state index in [9.17, 15) is 8.42 Å². The van der Waals surface area contributed by atoms with E-state index < -0.39 is 10.0 Å². The highest BCUT2D eigenvalue weighted by atomic mass is 79.9. The number of hydrogen-bond acceptors (Lipinski definition) is 3. The molecule has 2 rings (SSSR count). The maximum atomic E-state index is 12.3. The fourth-order valence-electron chi connectivity index (χ4n) is 1.64. The summed E-state index contributed by atoms with van der Waals surface area (Å²) in [6.07, 6.45) is 0.711. The lowest BCUT2D eigenvalue weighted by atomic mass is 10.2. The minimum Gasteiger partial charge on any atom is -0.206 e. The number of nitrogens with zero attached hydrogens (tertiary/aromatic N) is 1. The van der Waals surface area contributed by atoms with E-state index in [1.807, 2.05) is 30.3 Å². The highest BCUT2D eigenvalue weighted by molar-refractivity contribution is 9.11. The molecule has 102 valence electrons. The second-order valence-electron chi connectivity index (χ2n) is 4.12. The fraction of sp³-hybridized carbons (Fsp3) is 0.231. The Balaban J connectivity index is 2.05. The van der Waals surface area contributed by atoms with Gasteiger partial charge in [0.05, 0.1) is 3.79 Å². The molecule has 19 heavy (non-hydrogen) atoms. The second kappa shape index (κ2) is 6.17. The summed E-state index contributed by atoms with van der Waals surface area (Å²) < 4.78 is 27.2. The van der Waals surface area contributed by atoms with Gasteiger partial charge >= 0.3 is 0 Å². The Hall–Kier alpha value is -0.690. The molecule has 1 aromatic carbocycles. The number of sulfonamides is 1. The van der Waals surface area contributed by atoms with Crippen LogP contribution >= 0.6 is 27.3 Å². The van der Waals surface area contributed by atoms with Crippen molar-refractivity contribution in [2.75, 3.05) is 13.6 Å². The van der Waals surface area contributed by atoms with Gasteiger partial charge < -0.3 is 0 Å². The molecule has 2 aromatic rings. The SMILES string of the molecule is CN(CCc1ccccc1)S(=O)(=O)c1ccc(Br)s1. The first-order chi connectivity index (χ1) is 9.00. The largest absolute Gasteiger partial charge is 0.252 e. The number of thiophene rings is 1. The zero-order chi connectivity index (χ0) is 13.9. The Bertz CT molecular complexity index is 638. The van der Waals surface area contributed by atoms with E-state index in [1.165, 1.54) is 15.6 Å². The van der Waals surface area contributed by atoms with Crippen molar-refractivity contribution in [1.29, 1.82) is 0 Å². The molecule has 6 heteroatoms. The average molecular weight is 360 g/mol. The van der Waals surface area contributed by atoms with Crippen molar-refractivity contribution >= 4 is 37.3 Å². The molecule has 0 N–H and O–H groups in total. The summed E-state index contributed by atoms with van der Waals surface area (Å²) in [5.41, 5.74) is 1.14. The normalized spacial score (nSPS) is 11.9. The van der Waals surface area contributed by atoms with Gasteiger partial charge in [-0.15, -0.1) is 11.3 Å². The van der Waals surface area contributed by atoms with Crippen molar-refractivity contribution in [3.8, 4) is 0 Å². The van der Waals surface area contributed by atoms with Gasteiger partial charge in [0.25, 0.3) is 10.0 Å². The molecule has 0 aliphatic heterocycles. The first-order valence-electron chi connectivity index (χ1n) is 5.76. The molecular formula is C13H14BrNO2S2. The Kier molecular flexibility index (Phi) is 4.78. The average Bonchev–Trinajstić information content (AvgIpc) is 2.84. The molecule has 0 saturated heterocycles. The smallest absolute Gasteiger partial charge is 0.206 e. The first-order valence-corrected chi connectivity index (χ1v) is 8.81. The standard InChI is InChI=1S/C13H14BrNO2S2/c1-15(10-9-11-5-3-2-4-6-11)19(16,17)13-8-7-12(14)18-13/h2-8H,9-10H2,1H3. The Morgan fingerprint density at radius 1 is 1.16 bits per heavy atom. The molecule has 0 aliphatic carbocycles. The molecule has 0 radical (unpaired) electrons. The van der Waals surface area contributed by atoms with Gasteiger partial charge in [0, 0.05) is 13.6 Å². The van der Waals surface area contributed by atoms with E-state index in [0.717, 1.165) is 9.35 Å². The van der Waals surface area contributed by atoms with Gasteiger partial charge in [-0.3, -0.25) is 0 Å². The predicted octanol–water partition coefficient (Wildman–Crippen LogP) is 3.37. The number of likely N-dealkylation sites (N-methyl/N-ethyl adjacent to an activating group) is 1. The summed E-state index contributed by atoms with van der Waals surface area (Å²) in [6, 6.07) is 13.3. The summed E-state index contributed by atoms with van der Waals surface area (Å²) in [7, 11) is -1.75. The van der Waals surface area contributed by atoms with E-state index in [1.54, 1.807) is 19.2 Å². The molecule has 0 saturated carbocycles. The van der Waals surface area contributed by atoms with Crippen LogP contribution in [0.25, 0.3) is 0 Å². The zero-order valence-corrected chi connectivity index (χ0v) is 13.6. The van der Waals surface area contributed by atoms with Crippen LogP contribution in [0.5, 0.6) is 0 Å². The van der Waals surface area contributed by atoms with Gasteiger partial charge in [0.1, 0.15) is 4.21 Å². The molecule has 0 bridgehead atoms. The summed E-state index contributed by atoms with van der Waals surface area (Å²) in [5.74, 6) is 0.